The van der Waals surface area contributed by atoms with Gasteiger partial charge in [0.05, 0.1) is 6.61 Å². The number of nitrogens with one attached hydrogen (secondary N) is 1. The van der Waals surface area contributed by atoms with Crippen molar-refractivity contribution >= 4 is 5.91 Å². The van der Waals surface area contributed by atoms with Crippen molar-refractivity contribution in [1.82, 2.24) is 5.32 Å². The van der Waals surface area contributed by atoms with Crippen LogP contribution in [0, 0.1) is 5.92 Å². The molecule has 1 atom stereocenters. The first-order valence-corrected chi connectivity index (χ1v) is 6.16. The number of aliphatic hydroxyl groups is 2. The Bertz CT molecular complexity index is 220. The van der Waals surface area contributed by atoms with Crippen molar-refractivity contribution in [3.05, 3.63) is 0 Å². The topological polar surface area (TPSA) is 69.6 Å². The summed E-state index contributed by atoms with van der Waals surface area (Å²) in [5.41, 5.74) is -1.21. The summed E-state index contributed by atoms with van der Waals surface area (Å²) in [6, 6.07) is 0. The van der Waals surface area contributed by atoms with Crippen LogP contribution in [0.25, 0.3) is 0 Å². The Morgan fingerprint density at radius 3 is 2.38 bits per heavy atom. The lowest BCUT2D eigenvalue weighted by Crippen LogP contribution is -2.45. The molecule has 0 bridgehead atoms. The fourth-order valence-electron chi connectivity index (χ4n) is 2.02. The van der Waals surface area contributed by atoms with E-state index in [-0.39, 0.29) is 25.0 Å². The van der Waals surface area contributed by atoms with Crippen LogP contribution >= 0.6 is 0 Å². The van der Waals surface area contributed by atoms with Crippen LogP contribution in [0.15, 0.2) is 0 Å². The van der Waals surface area contributed by atoms with E-state index in [9.17, 15) is 9.90 Å². The first kappa shape index (κ1) is 13.5. The van der Waals surface area contributed by atoms with Gasteiger partial charge in [-0.1, -0.05) is 25.7 Å². The SMILES string of the molecule is CC(O)(CO)CNC(=O)C1CCCCCC1. The lowest BCUT2D eigenvalue weighted by Gasteiger charge is -2.22. The quantitative estimate of drug-likeness (QED) is 0.625. The van der Waals surface area contributed by atoms with Gasteiger partial charge >= 0.3 is 0 Å². The Hall–Kier alpha value is -0.610. The number of hydrogen-bond acceptors (Lipinski definition) is 3. The minimum absolute atomic E-state index is 0.0237. The molecule has 3 N–H and O–H groups in total. The second-order valence-corrected chi connectivity index (χ2v) is 5.06. The maximum atomic E-state index is 11.8. The molecule has 1 saturated carbocycles. The van der Waals surface area contributed by atoms with Crippen LogP contribution in [0.5, 0.6) is 0 Å². The summed E-state index contributed by atoms with van der Waals surface area (Å²) >= 11 is 0. The van der Waals surface area contributed by atoms with E-state index in [2.05, 4.69) is 5.32 Å². The number of rotatable bonds is 4. The largest absolute Gasteiger partial charge is 0.393 e. The van der Waals surface area contributed by atoms with Gasteiger partial charge in [0, 0.05) is 12.5 Å². The van der Waals surface area contributed by atoms with Crippen molar-refractivity contribution < 1.29 is 15.0 Å². The highest BCUT2D eigenvalue weighted by molar-refractivity contribution is 5.78. The van der Waals surface area contributed by atoms with Crippen LogP contribution in [0.4, 0.5) is 0 Å². The zero-order valence-electron chi connectivity index (χ0n) is 10.0. The van der Waals surface area contributed by atoms with Crippen molar-refractivity contribution in [2.45, 2.75) is 51.0 Å². The van der Waals surface area contributed by atoms with Crippen molar-refractivity contribution in [2.24, 2.45) is 5.92 Å². The smallest absolute Gasteiger partial charge is 0.223 e. The zero-order valence-corrected chi connectivity index (χ0v) is 10.0. The molecule has 4 nitrogen and oxygen atoms in total. The highest BCUT2D eigenvalue weighted by Crippen LogP contribution is 2.22. The standard InChI is InChI=1S/C12H23NO3/c1-12(16,9-14)8-13-11(15)10-6-4-2-3-5-7-10/h10,14,16H,2-9H2,1H3,(H,13,15). The third-order valence-electron chi connectivity index (χ3n) is 3.21. The predicted molar refractivity (Wildman–Crippen MR) is 61.9 cm³/mol. The number of carbonyl (C=O) groups is 1. The van der Waals surface area contributed by atoms with Crippen molar-refractivity contribution in [3.8, 4) is 0 Å². The number of aliphatic hydroxyl groups excluding tert-OH is 1. The van der Waals surface area contributed by atoms with E-state index >= 15 is 0 Å². The van der Waals surface area contributed by atoms with E-state index in [1.54, 1.807) is 0 Å². The highest BCUT2D eigenvalue weighted by Gasteiger charge is 2.24. The molecule has 16 heavy (non-hydrogen) atoms. The van der Waals surface area contributed by atoms with E-state index in [1.165, 1.54) is 19.8 Å². The van der Waals surface area contributed by atoms with Gasteiger partial charge in [-0.2, -0.15) is 0 Å². The molecule has 94 valence electrons. The average molecular weight is 229 g/mol. The molecule has 1 fully saturated rings. The maximum Gasteiger partial charge on any atom is 0.223 e. The van der Waals surface area contributed by atoms with Crippen LogP contribution in [0.1, 0.15) is 45.4 Å². The maximum absolute atomic E-state index is 11.8. The molecule has 0 heterocycles. The van der Waals surface area contributed by atoms with Crippen LogP contribution in [-0.4, -0.2) is 34.9 Å². The summed E-state index contributed by atoms with van der Waals surface area (Å²) in [5.74, 6) is 0.118. The lowest BCUT2D eigenvalue weighted by atomic mass is 9.99. The number of hydrogen-bond donors (Lipinski definition) is 3. The van der Waals surface area contributed by atoms with E-state index in [1.807, 2.05) is 0 Å². The van der Waals surface area contributed by atoms with Gasteiger partial charge in [0.15, 0.2) is 0 Å². The summed E-state index contributed by atoms with van der Waals surface area (Å²) in [5, 5.41) is 21.1. The molecule has 0 aromatic rings. The Labute approximate surface area is 97.0 Å². The second kappa shape index (κ2) is 6.21. The first-order chi connectivity index (χ1) is 7.55. The minimum atomic E-state index is -1.21. The highest BCUT2D eigenvalue weighted by atomic mass is 16.3. The van der Waals surface area contributed by atoms with Gasteiger partial charge in [0.1, 0.15) is 5.60 Å². The van der Waals surface area contributed by atoms with Crippen LogP contribution < -0.4 is 5.32 Å². The summed E-state index contributed by atoms with van der Waals surface area (Å²) in [7, 11) is 0. The Morgan fingerprint density at radius 2 is 1.88 bits per heavy atom. The molecule has 1 amide bonds. The lowest BCUT2D eigenvalue weighted by molar-refractivity contribution is -0.126. The van der Waals surface area contributed by atoms with Crippen LogP contribution in [-0.2, 0) is 4.79 Å². The molecule has 1 unspecified atom stereocenters. The van der Waals surface area contributed by atoms with Crippen molar-refractivity contribution in [1.29, 1.82) is 0 Å². The average Bonchev–Trinajstić information content (AvgIpc) is 2.54. The molecule has 1 rings (SSSR count). The summed E-state index contributed by atoms with van der Waals surface area (Å²) in [4.78, 5) is 11.8. The molecule has 0 aliphatic heterocycles. The molecule has 0 saturated heterocycles. The van der Waals surface area contributed by atoms with E-state index in [0.29, 0.717) is 0 Å². The Kier molecular flexibility index (Phi) is 5.22. The fraction of sp³-hybridized carbons (Fsp3) is 0.917. The van der Waals surface area contributed by atoms with Gasteiger partial charge in [-0.25, -0.2) is 0 Å². The first-order valence-electron chi connectivity index (χ1n) is 6.16. The fourth-order valence-corrected chi connectivity index (χ4v) is 2.02. The van der Waals surface area contributed by atoms with E-state index < -0.39 is 5.60 Å². The molecule has 0 spiro atoms. The third kappa shape index (κ3) is 4.49. The molecule has 0 radical (unpaired) electrons. The molecule has 0 aromatic heterocycles. The zero-order chi connectivity index (χ0) is 12.0. The summed E-state index contributed by atoms with van der Waals surface area (Å²) in [6.07, 6.45) is 6.58. The van der Waals surface area contributed by atoms with Gasteiger partial charge in [0.25, 0.3) is 0 Å². The van der Waals surface area contributed by atoms with E-state index in [0.717, 1.165) is 25.7 Å². The van der Waals surface area contributed by atoms with Crippen molar-refractivity contribution in [3.63, 3.8) is 0 Å². The molecule has 1 aliphatic carbocycles. The monoisotopic (exact) mass is 229 g/mol. The van der Waals surface area contributed by atoms with E-state index in [4.69, 9.17) is 5.11 Å². The molecular formula is C12H23NO3. The predicted octanol–water partition coefficient (Wildman–Crippen LogP) is 0.816. The Morgan fingerprint density at radius 1 is 1.31 bits per heavy atom. The normalized spacial score (nSPS) is 22.2. The van der Waals surface area contributed by atoms with Gasteiger partial charge < -0.3 is 15.5 Å². The van der Waals surface area contributed by atoms with Crippen LogP contribution in [0.2, 0.25) is 0 Å². The second-order valence-electron chi connectivity index (χ2n) is 5.06. The third-order valence-corrected chi connectivity index (χ3v) is 3.21. The molecule has 1 aliphatic rings. The minimum Gasteiger partial charge on any atom is -0.393 e. The number of amides is 1. The molecule has 0 aromatic carbocycles. The molecular weight excluding hydrogens is 206 g/mol. The summed E-state index contributed by atoms with van der Waals surface area (Å²) in [6.45, 7) is 1.30. The molecule has 4 heteroatoms. The summed E-state index contributed by atoms with van der Waals surface area (Å²) < 4.78 is 0. The van der Waals surface area contributed by atoms with Gasteiger partial charge in [-0.3, -0.25) is 4.79 Å². The van der Waals surface area contributed by atoms with Crippen LogP contribution in [0.3, 0.4) is 0 Å². The van der Waals surface area contributed by atoms with Gasteiger partial charge in [-0.15, -0.1) is 0 Å². The number of carbonyl (C=O) groups excluding carboxylic acids is 1. The van der Waals surface area contributed by atoms with Gasteiger partial charge in [-0.05, 0) is 19.8 Å². The van der Waals surface area contributed by atoms with Crippen molar-refractivity contribution in [2.75, 3.05) is 13.2 Å². The Balaban J connectivity index is 2.33. The van der Waals surface area contributed by atoms with Gasteiger partial charge in [0.2, 0.25) is 5.91 Å².